The fourth-order valence-corrected chi connectivity index (χ4v) is 2.38. The number of hydrogen-bond donors (Lipinski definition) is 1. The van der Waals surface area contributed by atoms with Gasteiger partial charge in [-0.1, -0.05) is 42.3 Å². The van der Waals surface area contributed by atoms with Gasteiger partial charge in [-0.05, 0) is 49.2 Å². The van der Waals surface area contributed by atoms with Crippen LogP contribution in [-0.4, -0.2) is 12.0 Å². The van der Waals surface area contributed by atoms with Gasteiger partial charge in [0, 0.05) is 10.7 Å². The van der Waals surface area contributed by atoms with Gasteiger partial charge in [-0.2, -0.15) is 0 Å². The molecule has 1 atom stereocenters. The van der Waals surface area contributed by atoms with E-state index in [1.54, 1.807) is 25.1 Å². The van der Waals surface area contributed by atoms with Crippen molar-refractivity contribution >= 4 is 34.8 Å². The average Bonchev–Trinajstić information content (AvgIpc) is 2.50. The molecule has 116 valence electrons. The maximum atomic E-state index is 12.2. The maximum Gasteiger partial charge on any atom is 0.265 e. The van der Waals surface area contributed by atoms with E-state index in [9.17, 15) is 4.79 Å². The van der Waals surface area contributed by atoms with Crippen molar-refractivity contribution in [3.8, 4) is 5.75 Å². The van der Waals surface area contributed by atoms with Crippen LogP contribution in [0.25, 0.3) is 0 Å². The van der Waals surface area contributed by atoms with Crippen LogP contribution in [0.2, 0.25) is 10.0 Å². The first-order valence-corrected chi connectivity index (χ1v) is 7.76. The first kappa shape index (κ1) is 16.7. The average molecular weight is 338 g/mol. The van der Waals surface area contributed by atoms with Crippen molar-refractivity contribution < 1.29 is 9.53 Å². The Bertz CT molecular complexity index is 673. The van der Waals surface area contributed by atoms with Crippen molar-refractivity contribution in [2.75, 3.05) is 5.32 Å². The number of hydrogen-bond acceptors (Lipinski definition) is 2. The van der Waals surface area contributed by atoms with E-state index in [1.807, 2.05) is 24.3 Å². The SMILES string of the molecule is CCc1cccc(NC(=O)C(C)Oc2ccc(Cl)cc2Cl)c1. The molecule has 1 amide bonds. The third-order valence-corrected chi connectivity index (χ3v) is 3.70. The van der Waals surface area contributed by atoms with Gasteiger partial charge in [-0.3, -0.25) is 4.79 Å². The zero-order valence-electron chi connectivity index (χ0n) is 12.4. The van der Waals surface area contributed by atoms with Crippen molar-refractivity contribution in [3.63, 3.8) is 0 Å². The van der Waals surface area contributed by atoms with Crippen molar-refractivity contribution in [1.82, 2.24) is 0 Å². The van der Waals surface area contributed by atoms with Gasteiger partial charge in [0.2, 0.25) is 0 Å². The van der Waals surface area contributed by atoms with Crippen LogP contribution in [0.4, 0.5) is 5.69 Å². The third kappa shape index (κ3) is 4.39. The van der Waals surface area contributed by atoms with Gasteiger partial charge < -0.3 is 10.1 Å². The fourth-order valence-electron chi connectivity index (χ4n) is 1.93. The van der Waals surface area contributed by atoms with Gasteiger partial charge >= 0.3 is 0 Å². The Hall–Kier alpha value is -1.71. The van der Waals surface area contributed by atoms with Crippen LogP contribution < -0.4 is 10.1 Å². The van der Waals surface area contributed by atoms with Crippen LogP contribution in [0, 0.1) is 0 Å². The molecule has 2 aromatic carbocycles. The van der Waals surface area contributed by atoms with E-state index in [0.29, 0.717) is 15.8 Å². The summed E-state index contributed by atoms with van der Waals surface area (Å²) in [6.45, 7) is 3.74. The highest BCUT2D eigenvalue weighted by Gasteiger charge is 2.16. The second-order valence-corrected chi connectivity index (χ2v) is 5.72. The quantitative estimate of drug-likeness (QED) is 0.837. The Kier molecular flexibility index (Phi) is 5.69. The Balaban J connectivity index is 2.02. The van der Waals surface area contributed by atoms with Gasteiger partial charge in [0.15, 0.2) is 6.10 Å². The van der Waals surface area contributed by atoms with Gasteiger partial charge in [-0.15, -0.1) is 0 Å². The number of rotatable bonds is 5. The van der Waals surface area contributed by atoms with Crippen LogP contribution in [0.15, 0.2) is 42.5 Å². The largest absolute Gasteiger partial charge is 0.479 e. The minimum Gasteiger partial charge on any atom is -0.479 e. The summed E-state index contributed by atoms with van der Waals surface area (Å²) in [7, 11) is 0. The lowest BCUT2D eigenvalue weighted by Crippen LogP contribution is -2.30. The highest BCUT2D eigenvalue weighted by Crippen LogP contribution is 2.28. The molecular formula is C17H17Cl2NO2. The molecule has 22 heavy (non-hydrogen) atoms. The molecule has 0 saturated carbocycles. The molecule has 1 N–H and O–H groups in total. The van der Waals surface area contributed by atoms with Crippen LogP contribution in [0.3, 0.4) is 0 Å². The summed E-state index contributed by atoms with van der Waals surface area (Å²) >= 11 is 11.9. The molecule has 0 aliphatic heterocycles. The van der Waals surface area contributed by atoms with Crippen LogP contribution >= 0.6 is 23.2 Å². The number of halogens is 2. The standard InChI is InChI=1S/C17H17Cl2NO2/c1-3-12-5-4-6-14(9-12)20-17(21)11(2)22-16-8-7-13(18)10-15(16)19/h4-11H,3H2,1-2H3,(H,20,21). The second-order valence-electron chi connectivity index (χ2n) is 4.88. The number of benzene rings is 2. The predicted molar refractivity (Wildman–Crippen MR) is 91.0 cm³/mol. The zero-order chi connectivity index (χ0) is 16.1. The smallest absolute Gasteiger partial charge is 0.265 e. The number of carbonyl (C=O) groups is 1. The maximum absolute atomic E-state index is 12.2. The van der Waals surface area contributed by atoms with E-state index >= 15 is 0 Å². The first-order chi connectivity index (χ1) is 10.5. The molecule has 0 aromatic heterocycles. The minimum atomic E-state index is -0.677. The molecular weight excluding hydrogens is 321 g/mol. The number of amides is 1. The Morgan fingerprint density at radius 2 is 2.00 bits per heavy atom. The summed E-state index contributed by atoms with van der Waals surface area (Å²) in [6.07, 6.45) is 0.236. The Labute approximate surface area is 140 Å². The number of anilines is 1. The van der Waals surface area contributed by atoms with Gasteiger partial charge in [0.1, 0.15) is 5.75 Å². The third-order valence-electron chi connectivity index (χ3n) is 3.17. The molecule has 5 heteroatoms. The molecule has 0 saturated heterocycles. The molecule has 2 aromatic rings. The van der Waals surface area contributed by atoms with E-state index < -0.39 is 6.10 Å². The van der Waals surface area contributed by atoms with Crippen molar-refractivity contribution in [2.45, 2.75) is 26.4 Å². The van der Waals surface area contributed by atoms with E-state index in [4.69, 9.17) is 27.9 Å². The lowest BCUT2D eigenvalue weighted by Gasteiger charge is -2.16. The number of aryl methyl sites for hydroxylation is 1. The second kappa shape index (κ2) is 7.52. The number of ether oxygens (including phenoxy) is 1. The van der Waals surface area contributed by atoms with E-state index in [2.05, 4.69) is 12.2 Å². The summed E-state index contributed by atoms with van der Waals surface area (Å²) in [5.74, 6) is 0.190. The molecule has 3 nitrogen and oxygen atoms in total. The summed E-state index contributed by atoms with van der Waals surface area (Å²) in [5, 5.41) is 3.73. The predicted octanol–water partition coefficient (Wildman–Crippen LogP) is 4.96. The topological polar surface area (TPSA) is 38.3 Å². The fraction of sp³-hybridized carbons (Fsp3) is 0.235. The van der Waals surface area contributed by atoms with Crippen LogP contribution in [-0.2, 0) is 11.2 Å². The number of carbonyl (C=O) groups excluding carboxylic acids is 1. The van der Waals surface area contributed by atoms with E-state index in [0.717, 1.165) is 17.7 Å². The van der Waals surface area contributed by atoms with Crippen LogP contribution in [0.1, 0.15) is 19.4 Å². The van der Waals surface area contributed by atoms with Gasteiger partial charge in [-0.25, -0.2) is 0 Å². The van der Waals surface area contributed by atoms with Crippen molar-refractivity contribution in [1.29, 1.82) is 0 Å². The lowest BCUT2D eigenvalue weighted by molar-refractivity contribution is -0.122. The Morgan fingerprint density at radius 1 is 1.23 bits per heavy atom. The highest BCUT2D eigenvalue weighted by atomic mass is 35.5. The Morgan fingerprint density at radius 3 is 2.68 bits per heavy atom. The van der Waals surface area contributed by atoms with Crippen molar-refractivity contribution in [3.05, 3.63) is 58.1 Å². The molecule has 0 spiro atoms. The molecule has 0 aliphatic rings. The van der Waals surface area contributed by atoms with Crippen molar-refractivity contribution in [2.24, 2.45) is 0 Å². The summed E-state index contributed by atoms with van der Waals surface area (Å²) in [6, 6.07) is 12.6. The van der Waals surface area contributed by atoms with E-state index in [1.165, 1.54) is 0 Å². The highest BCUT2D eigenvalue weighted by molar-refractivity contribution is 6.35. The molecule has 0 aliphatic carbocycles. The molecule has 0 radical (unpaired) electrons. The minimum absolute atomic E-state index is 0.237. The number of nitrogens with one attached hydrogen (secondary N) is 1. The molecule has 0 bridgehead atoms. The van der Waals surface area contributed by atoms with E-state index in [-0.39, 0.29) is 5.91 Å². The summed E-state index contributed by atoms with van der Waals surface area (Å²) in [4.78, 5) is 12.2. The normalized spacial score (nSPS) is 11.8. The molecule has 1 unspecified atom stereocenters. The lowest BCUT2D eigenvalue weighted by atomic mass is 10.1. The summed E-state index contributed by atoms with van der Waals surface area (Å²) in [5.41, 5.74) is 1.91. The zero-order valence-corrected chi connectivity index (χ0v) is 13.9. The summed E-state index contributed by atoms with van der Waals surface area (Å²) < 4.78 is 5.59. The molecule has 0 fully saturated rings. The monoisotopic (exact) mass is 337 g/mol. The van der Waals surface area contributed by atoms with Crippen LogP contribution in [0.5, 0.6) is 5.75 Å². The first-order valence-electron chi connectivity index (χ1n) is 7.01. The van der Waals surface area contributed by atoms with Gasteiger partial charge in [0.25, 0.3) is 5.91 Å². The molecule has 2 rings (SSSR count). The molecule has 0 heterocycles. The van der Waals surface area contributed by atoms with Gasteiger partial charge in [0.05, 0.1) is 5.02 Å².